The van der Waals surface area contributed by atoms with E-state index in [1.807, 2.05) is 0 Å². The quantitative estimate of drug-likeness (QED) is 0.448. The highest BCUT2D eigenvalue weighted by Crippen LogP contribution is 2.12. The smallest absolute Gasteiger partial charge is 0.335 e. The van der Waals surface area contributed by atoms with Gasteiger partial charge in [0.25, 0.3) is 0 Å². The zero-order valence-electron chi connectivity index (χ0n) is 7.74. The second-order valence-electron chi connectivity index (χ2n) is 2.66. The molecule has 0 aromatic heterocycles. The second-order valence-corrected chi connectivity index (χ2v) is 3.67. The standard InChI is InChI=1S/C9H10N2O2S.ClH/c10-9(11)14-5-6-1-3-7(4-2-6)8(12)13;/h1-4H,5H2,(H3,10,11)(H,12,13);1H/p-1. The summed E-state index contributed by atoms with van der Waals surface area (Å²) in [5, 5.41) is 15.7. The van der Waals surface area contributed by atoms with Crippen molar-refractivity contribution in [3.8, 4) is 0 Å². The third-order valence-electron chi connectivity index (χ3n) is 1.60. The molecule has 0 aliphatic rings. The van der Waals surface area contributed by atoms with Gasteiger partial charge in [0.1, 0.15) is 0 Å². The molecule has 0 bridgehead atoms. The van der Waals surface area contributed by atoms with E-state index in [4.69, 9.17) is 16.2 Å². The van der Waals surface area contributed by atoms with E-state index in [0.29, 0.717) is 5.75 Å². The summed E-state index contributed by atoms with van der Waals surface area (Å²) < 4.78 is 0. The number of carboxylic acids is 1. The van der Waals surface area contributed by atoms with Crippen molar-refractivity contribution in [3.05, 3.63) is 35.4 Å². The van der Waals surface area contributed by atoms with Crippen LogP contribution in [0, 0.1) is 5.41 Å². The Balaban J connectivity index is 0.00000196. The number of nitrogens with two attached hydrogens (primary N) is 1. The van der Waals surface area contributed by atoms with Crippen molar-refractivity contribution >= 4 is 22.9 Å². The Morgan fingerprint density at radius 3 is 2.33 bits per heavy atom. The lowest BCUT2D eigenvalue weighted by Gasteiger charge is -2.00. The summed E-state index contributed by atoms with van der Waals surface area (Å²) in [6, 6.07) is 6.52. The van der Waals surface area contributed by atoms with E-state index in [2.05, 4.69) is 0 Å². The van der Waals surface area contributed by atoms with Crippen LogP contribution in [0.15, 0.2) is 24.3 Å². The van der Waals surface area contributed by atoms with Crippen molar-refractivity contribution in [1.29, 1.82) is 5.41 Å². The fourth-order valence-corrected chi connectivity index (χ4v) is 1.42. The van der Waals surface area contributed by atoms with Gasteiger partial charge in [-0.2, -0.15) is 0 Å². The summed E-state index contributed by atoms with van der Waals surface area (Å²) in [7, 11) is 0. The highest BCUT2D eigenvalue weighted by atomic mass is 35.5. The molecule has 0 aliphatic heterocycles. The van der Waals surface area contributed by atoms with Gasteiger partial charge in [0, 0.05) is 5.75 Å². The summed E-state index contributed by atoms with van der Waals surface area (Å²) in [5.41, 5.74) is 6.39. The number of carbonyl (C=O) groups is 1. The molecule has 0 saturated heterocycles. The number of aromatic carboxylic acids is 1. The minimum Gasteiger partial charge on any atom is -1.00 e. The highest BCUT2D eigenvalue weighted by Gasteiger charge is 2.01. The van der Waals surface area contributed by atoms with E-state index >= 15 is 0 Å². The third-order valence-corrected chi connectivity index (χ3v) is 2.38. The predicted octanol–water partition coefficient (Wildman–Crippen LogP) is -1.48. The van der Waals surface area contributed by atoms with Crippen molar-refractivity contribution in [2.45, 2.75) is 5.75 Å². The van der Waals surface area contributed by atoms with E-state index in [0.717, 1.165) is 5.56 Å². The molecular formula is C9H10ClN2O2S-. The maximum Gasteiger partial charge on any atom is 0.335 e. The Hall–Kier alpha value is -1.20. The molecule has 0 fully saturated rings. The molecule has 0 saturated carbocycles. The van der Waals surface area contributed by atoms with E-state index in [1.165, 1.54) is 11.8 Å². The monoisotopic (exact) mass is 245 g/mol. The first-order valence-corrected chi connectivity index (χ1v) is 4.87. The Morgan fingerprint density at radius 1 is 1.40 bits per heavy atom. The van der Waals surface area contributed by atoms with Crippen LogP contribution >= 0.6 is 11.8 Å². The van der Waals surface area contributed by atoms with Crippen LogP contribution in [0.2, 0.25) is 0 Å². The number of hydrogen-bond donors (Lipinski definition) is 3. The first-order valence-electron chi connectivity index (χ1n) is 3.88. The van der Waals surface area contributed by atoms with Gasteiger partial charge in [-0.1, -0.05) is 23.9 Å². The molecule has 0 heterocycles. The number of carboxylic acid groups (broad SMARTS) is 1. The molecule has 4 nitrogen and oxygen atoms in total. The molecule has 0 radical (unpaired) electrons. The Morgan fingerprint density at radius 2 is 1.93 bits per heavy atom. The van der Waals surface area contributed by atoms with Crippen molar-refractivity contribution in [1.82, 2.24) is 0 Å². The van der Waals surface area contributed by atoms with Crippen molar-refractivity contribution in [2.75, 3.05) is 0 Å². The molecule has 0 atom stereocenters. The van der Waals surface area contributed by atoms with Gasteiger partial charge in [0.15, 0.2) is 5.17 Å². The van der Waals surface area contributed by atoms with E-state index in [9.17, 15) is 4.79 Å². The predicted molar refractivity (Wildman–Crippen MR) is 56.6 cm³/mol. The molecule has 0 amide bonds. The van der Waals surface area contributed by atoms with E-state index in [1.54, 1.807) is 24.3 Å². The Bertz CT molecular complexity index is 354. The topological polar surface area (TPSA) is 87.2 Å². The molecule has 6 heteroatoms. The minimum atomic E-state index is -0.934. The lowest BCUT2D eigenvalue weighted by molar-refractivity contribution is -0.0000187. The van der Waals surface area contributed by atoms with Gasteiger partial charge < -0.3 is 23.2 Å². The molecule has 1 rings (SSSR count). The largest absolute Gasteiger partial charge is 1.00 e. The fourth-order valence-electron chi connectivity index (χ4n) is 0.905. The summed E-state index contributed by atoms with van der Waals surface area (Å²) in [6.45, 7) is 0. The number of thioether (sulfide) groups is 1. The molecule has 82 valence electrons. The van der Waals surface area contributed by atoms with Crippen molar-refractivity contribution in [3.63, 3.8) is 0 Å². The zero-order chi connectivity index (χ0) is 10.6. The average Bonchev–Trinajstić information content (AvgIpc) is 2.15. The van der Waals surface area contributed by atoms with Gasteiger partial charge in [0.2, 0.25) is 0 Å². The van der Waals surface area contributed by atoms with Crippen LogP contribution < -0.4 is 18.1 Å². The van der Waals surface area contributed by atoms with Gasteiger partial charge in [-0.3, -0.25) is 5.41 Å². The molecule has 4 N–H and O–H groups in total. The molecule has 0 aliphatic carbocycles. The minimum absolute atomic E-state index is 0. The number of nitrogens with one attached hydrogen (secondary N) is 1. The summed E-state index contributed by atoms with van der Waals surface area (Å²) in [6.07, 6.45) is 0. The Labute approximate surface area is 97.8 Å². The zero-order valence-corrected chi connectivity index (χ0v) is 9.31. The van der Waals surface area contributed by atoms with Crippen LogP contribution in [0.3, 0.4) is 0 Å². The SMILES string of the molecule is N=C(N)SCc1ccc(C(=O)O)cc1.[Cl-]. The first kappa shape index (κ1) is 13.8. The van der Waals surface area contributed by atoms with Gasteiger partial charge in [-0.25, -0.2) is 4.79 Å². The highest BCUT2D eigenvalue weighted by molar-refractivity contribution is 8.13. The maximum absolute atomic E-state index is 10.5. The number of rotatable bonds is 3. The normalized spacial score (nSPS) is 9.07. The molecule has 0 spiro atoms. The second kappa shape index (κ2) is 6.31. The van der Waals surface area contributed by atoms with Gasteiger partial charge in [-0.15, -0.1) is 0 Å². The number of amidine groups is 1. The molecular weight excluding hydrogens is 236 g/mol. The lowest BCUT2D eigenvalue weighted by atomic mass is 10.1. The molecule has 0 unspecified atom stereocenters. The van der Waals surface area contributed by atoms with Crippen molar-refractivity contribution < 1.29 is 22.3 Å². The first-order chi connectivity index (χ1) is 6.59. The van der Waals surface area contributed by atoms with Crippen molar-refractivity contribution in [2.24, 2.45) is 5.73 Å². The van der Waals surface area contributed by atoms with E-state index < -0.39 is 5.97 Å². The summed E-state index contributed by atoms with van der Waals surface area (Å²) in [4.78, 5) is 10.5. The van der Waals surface area contributed by atoms with E-state index in [-0.39, 0.29) is 23.1 Å². The molecule has 1 aromatic rings. The summed E-state index contributed by atoms with van der Waals surface area (Å²) >= 11 is 1.21. The lowest BCUT2D eigenvalue weighted by Crippen LogP contribution is -3.00. The van der Waals surface area contributed by atoms with Crippen LogP contribution in [0.25, 0.3) is 0 Å². The van der Waals surface area contributed by atoms with Crippen LogP contribution in [0.5, 0.6) is 0 Å². The average molecular weight is 246 g/mol. The van der Waals surface area contributed by atoms with Crippen LogP contribution in [0.1, 0.15) is 15.9 Å². The fraction of sp³-hybridized carbons (Fsp3) is 0.111. The van der Waals surface area contributed by atoms with Gasteiger partial charge >= 0.3 is 5.97 Å². The number of hydrogen-bond acceptors (Lipinski definition) is 3. The third kappa shape index (κ3) is 4.71. The Kier molecular flexibility index (Phi) is 5.81. The maximum atomic E-state index is 10.5. The van der Waals surface area contributed by atoms with Gasteiger partial charge in [-0.05, 0) is 17.7 Å². The van der Waals surface area contributed by atoms with Crippen LogP contribution in [0.4, 0.5) is 0 Å². The molecule has 15 heavy (non-hydrogen) atoms. The van der Waals surface area contributed by atoms with Crippen LogP contribution in [-0.2, 0) is 5.75 Å². The number of halogens is 1. The number of benzene rings is 1. The van der Waals surface area contributed by atoms with Gasteiger partial charge in [0.05, 0.1) is 5.56 Å². The van der Waals surface area contributed by atoms with Crippen LogP contribution in [-0.4, -0.2) is 16.2 Å². The summed E-state index contributed by atoms with van der Waals surface area (Å²) in [5.74, 6) is -0.342. The molecule has 1 aromatic carbocycles.